The number of anilines is 1. The Hall–Kier alpha value is -2.04. The van der Waals surface area contributed by atoms with Gasteiger partial charge in [-0.15, -0.1) is 0 Å². The zero-order valence-electron chi connectivity index (χ0n) is 17.5. The number of amides is 2. The van der Waals surface area contributed by atoms with Crippen molar-refractivity contribution in [3.05, 3.63) is 29.8 Å². The van der Waals surface area contributed by atoms with Gasteiger partial charge in [-0.25, -0.2) is 0 Å². The summed E-state index contributed by atoms with van der Waals surface area (Å²) in [5.41, 5.74) is 2.36. The zero-order valence-corrected chi connectivity index (χ0v) is 17.5. The number of aryl methyl sites for hydroxylation is 1. The van der Waals surface area contributed by atoms with E-state index in [1.165, 1.54) is 30.5 Å². The molecule has 6 rings (SSSR count). The molecule has 29 heavy (non-hydrogen) atoms. The maximum absolute atomic E-state index is 13.1. The zero-order chi connectivity index (χ0) is 20.0. The van der Waals surface area contributed by atoms with Gasteiger partial charge < -0.3 is 15.1 Å². The molecule has 4 aliphatic carbocycles. The maximum atomic E-state index is 13.1. The van der Waals surface area contributed by atoms with E-state index in [4.69, 9.17) is 0 Å². The molecule has 0 spiro atoms. The first kappa shape index (κ1) is 19.0. The molecule has 1 heterocycles. The fourth-order valence-corrected chi connectivity index (χ4v) is 6.96. The van der Waals surface area contributed by atoms with Crippen molar-refractivity contribution in [2.45, 2.75) is 45.4 Å². The van der Waals surface area contributed by atoms with E-state index >= 15 is 0 Å². The van der Waals surface area contributed by atoms with Crippen LogP contribution in [0.1, 0.15) is 44.1 Å². The average molecular weight is 396 g/mol. The van der Waals surface area contributed by atoms with Crippen LogP contribution in [0, 0.1) is 30.1 Å². The first-order valence-corrected chi connectivity index (χ1v) is 11.4. The lowest BCUT2D eigenvalue weighted by Crippen LogP contribution is -2.56. The predicted octanol–water partition coefficient (Wildman–Crippen LogP) is 2.98. The summed E-state index contributed by atoms with van der Waals surface area (Å²) in [6.45, 7) is 5.43. The van der Waals surface area contributed by atoms with Gasteiger partial charge in [0.15, 0.2) is 0 Å². The molecule has 0 radical (unpaired) electrons. The Morgan fingerprint density at radius 1 is 0.966 bits per heavy atom. The minimum atomic E-state index is -0.168. The summed E-state index contributed by atoms with van der Waals surface area (Å²) in [7, 11) is 0. The highest BCUT2D eigenvalue weighted by atomic mass is 16.2. The van der Waals surface area contributed by atoms with Crippen molar-refractivity contribution in [1.82, 2.24) is 10.2 Å². The number of piperazine rings is 1. The third-order valence-electron chi connectivity index (χ3n) is 8.01. The fourth-order valence-electron chi connectivity index (χ4n) is 6.96. The van der Waals surface area contributed by atoms with Crippen molar-refractivity contribution >= 4 is 17.5 Å². The molecule has 0 atom stereocenters. The van der Waals surface area contributed by atoms with Gasteiger partial charge in [-0.05, 0) is 74.8 Å². The summed E-state index contributed by atoms with van der Waals surface area (Å²) in [5, 5.41) is 3.05. The molecule has 4 saturated carbocycles. The highest BCUT2D eigenvalue weighted by Crippen LogP contribution is 2.60. The Balaban J connectivity index is 1.13. The molecule has 0 aromatic heterocycles. The summed E-state index contributed by atoms with van der Waals surface area (Å²) < 4.78 is 0. The molecule has 1 aromatic rings. The Morgan fingerprint density at radius 3 is 2.14 bits per heavy atom. The first-order valence-electron chi connectivity index (χ1n) is 11.4. The lowest BCUT2D eigenvalue weighted by molar-refractivity contribution is -0.148. The van der Waals surface area contributed by atoms with Crippen LogP contribution in [0.15, 0.2) is 24.3 Å². The average Bonchev–Trinajstić information content (AvgIpc) is 2.71. The van der Waals surface area contributed by atoms with Crippen molar-refractivity contribution in [3.63, 3.8) is 0 Å². The second kappa shape index (κ2) is 7.33. The summed E-state index contributed by atoms with van der Waals surface area (Å²) in [6.07, 6.45) is 7.14. The second-order valence-corrected chi connectivity index (χ2v) is 10.0. The van der Waals surface area contributed by atoms with Gasteiger partial charge in [-0.3, -0.25) is 9.59 Å². The third-order valence-corrected chi connectivity index (χ3v) is 8.01. The van der Waals surface area contributed by atoms with Gasteiger partial charge in [0.25, 0.3) is 0 Å². The van der Waals surface area contributed by atoms with Gasteiger partial charge in [-0.1, -0.05) is 18.2 Å². The van der Waals surface area contributed by atoms with E-state index in [0.717, 1.165) is 63.2 Å². The van der Waals surface area contributed by atoms with E-state index in [0.29, 0.717) is 0 Å². The van der Waals surface area contributed by atoms with Gasteiger partial charge in [0, 0.05) is 37.3 Å². The van der Waals surface area contributed by atoms with E-state index in [2.05, 4.69) is 41.4 Å². The number of benzene rings is 1. The number of carbonyl (C=O) groups excluding carboxylic acids is 2. The fraction of sp³-hybridized carbons (Fsp3) is 0.667. The van der Waals surface area contributed by atoms with E-state index < -0.39 is 0 Å². The van der Waals surface area contributed by atoms with E-state index in [1.807, 2.05) is 4.90 Å². The number of para-hydroxylation sites is 1. The predicted molar refractivity (Wildman–Crippen MR) is 114 cm³/mol. The van der Waals surface area contributed by atoms with Crippen molar-refractivity contribution < 1.29 is 9.59 Å². The van der Waals surface area contributed by atoms with Crippen LogP contribution in [0.25, 0.3) is 0 Å². The van der Waals surface area contributed by atoms with E-state index in [9.17, 15) is 9.59 Å². The van der Waals surface area contributed by atoms with Crippen molar-refractivity contribution in [1.29, 1.82) is 0 Å². The summed E-state index contributed by atoms with van der Waals surface area (Å²) in [5.74, 6) is 2.46. The molecule has 4 bridgehead atoms. The number of hydrogen-bond acceptors (Lipinski definition) is 3. The molecule has 1 aliphatic heterocycles. The summed E-state index contributed by atoms with van der Waals surface area (Å²) in [6, 6.07) is 8.41. The molecule has 5 heteroatoms. The number of carbonyl (C=O) groups is 2. The summed E-state index contributed by atoms with van der Waals surface area (Å²) >= 11 is 0. The Morgan fingerprint density at radius 2 is 1.55 bits per heavy atom. The maximum Gasteiger partial charge on any atom is 0.242 e. The highest BCUT2D eigenvalue weighted by molar-refractivity contribution is 5.88. The summed E-state index contributed by atoms with van der Waals surface area (Å²) in [4.78, 5) is 30.1. The molecule has 2 amide bonds. The Bertz CT molecular complexity index is 762. The number of nitrogens with zero attached hydrogens (tertiary/aromatic N) is 2. The molecule has 1 aromatic carbocycles. The van der Waals surface area contributed by atoms with E-state index in [1.54, 1.807) is 0 Å². The largest absolute Gasteiger partial charge is 0.368 e. The molecule has 0 unspecified atom stereocenters. The monoisotopic (exact) mass is 395 g/mol. The van der Waals surface area contributed by atoms with Gasteiger partial charge in [-0.2, -0.15) is 0 Å². The standard InChI is InChI=1S/C24H33N3O2/c1-17-4-2-3-5-21(17)26-6-8-27(9-7-26)22(28)16-25-23(29)24-13-18-10-19(14-24)12-20(11-18)15-24/h2-5,18-20H,6-16H2,1H3,(H,25,29). The normalized spacial score (nSPS) is 33.1. The van der Waals surface area contributed by atoms with Gasteiger partial charge in [0.1, 0.15) is 0 Å². The van der Waals surface area contributed by atoms with Gasteiger partial charge in [0.2, 0.25) is 11.8 Å². The first-order chi connectivity index (χ1) is 14.0. The van der Waals surface area contributed by atoms with Crippen LogP contribution < -0.4 is 10.2 Å². The molecule has 1 saturated heterocycles. The van der Waals surface area contributed by atoms with Crippen LogP contribution in [0.3, 0.4) is 0 Å². The Kier molecular flexibility index (Phi) is 4.79. The molecular weight excluding hydrogens is 362 g/mol. The third kappa shape index (κ3) is 3.53. The van der Waals surface area contributed by atoms with Crippen LogP contribution in [0.4, 0.5) is 5.69 Å². The smallest absolute Gasteiger partial charge is 0.242 e. The van der Waals surface area contributed by atoms with Crippen molar-refractivity contribution in [2.75, 3.05) is 37.6 Å². The second-order valence-electron chi connectivity index (χ2n) is 10.0. The van der Waals surface area contributed by atoms with Crippen molar-refractivity contribution in [3.8, 4) is 0 Å². The van der Waals surface area contributed by atoms with Crippen LogP contribution in [0.5, 0.6) is 0 Å². The van der Waals surface area contributed by atoms with Crippen LogP contribution in [-0.2, 0) is 9.59 Å². The quantitative estimate of drug-likeness (QED) is 0.853. The lowest BCUT2D eigenvalue weighted by atomic mass is 9.49. The molecular formula is C24H33N3O2. The molecule has 5 nitrogen and oxygen atoms in total. The van der Waals surface area contributed by atoms with Gasteiger partial charge >= 0.3 is 0 Å². The molecule has 5 aliphatic rings. The molecule has 1 N–H and O–H groups in total. The van der Waals surface area contributed by atoms with E-state index in [-0.39, 0.29) is 23.8 Å². The minimum absolute atomic E-state index is 0.0625. The Labute approximate surface area is 173 Å². The SMILES string of the molecule is Cc1ccccc1N1CCN(C(=O)CNC(=O)C23CC4CC(CC(C4)C2)C3)CC1. The van der Waals surface area contributed by atoms with Crippen LogP contribution >= 0.6 is 0 Å². The number of rotatable bonds is 4. The van der Waals surface area contributed by atoms with Crippen LogP contribution in [-0.4, -0.2) is 49.4 Å². The minimum Gasteiger partial charge on any atom is -0.368 e. The lowest BCUT2D eigenvalue weighted by Gasteiger charge is -2.55. The molecule has 5 fully saturated rings. The van der Waals surface area contributed by atoms with Gasteiger partial charge in [0.05, 0.1) is 6.54 Å². The van der Waals surface area contributed by atoms with Crippen molar-refractivity contribution in [2.24, 2.45) is 23.2 Å². The topological polar surface area (TPSA) is 52.6 Å². The number of nitrogens with one attached hydrogen (secondary N) is 1. The number of hydrogen-bond donors (Lipinski definition) is 1. The highest BCUT2D eigenvalue weighted by Gasteiger charge is 2.54. The van der Waals surface area contributed by atoms with Crippen LogP contribution in [0.2, 0.25) is 0 Å². The molecule has 156 valence electrons.